The van der Waals surface area contributed by atoms with Crippen molar-refractivity contribution < 1.29 is 0 Å². The maximum absolute atomic E-state index is 6.04. The second kappa shape index (κ2) is 6.89. The first-order chi connectivity index (χ1) is 11.9. The number of imidazole rings is 1. The average Bonchev–Trinajstić information content (AvgIpc) is 2.93. The van der Waals surface area contributed by atoms with Gasteiger partial charge in [0.1, 0.15) is 5.65 Å². The first-order valence-electron chi connectivity index (χ1n) is 8.91. The molecule has 2 aromatic heterocycles. The van der Waals surface area contributed by atoms with E-state index in [0.29, 0.717) is 0 Å². The number of hydrogen-bond donors (Lipinski definition) is 1. The molecule has 4 nitrogen and oxygen atoms in total. The summed E-state index contributed by atoms with van der Waals surface area (Å²) in [5.74, 6) is 0. The Balaban J connectivity index is 1.99. The number of aromatic nitrogens is 2. The van der Waals surface area contributed by atoms with Gasteiger partial charge in [-0.25, -0.2) is 4.98 Å². The lowest BCUT2D eigenvalue weighted by Crippen LogP contribution is -2.25. The first kappa shape index (κ1) is 17.5. The molecular weight excluding hydrogens is 308 g/mol. The van der Waals surface area contributed by atoms with Crippen LogP contribution in [0.2, 0.25) is 0 Å². The van der Waals surface area contributed by atoms with Crippen LogP contribution in [-0.4, -0.2) is 20.8 Å². The summed E-state index contributed by atoms with van der Waals surface area (Å²) in [4.78, 5) is 7.34. The minimum atomic E-state index is -0.0116. The van der Waals surface area contributed by atoms with Gasteiger partial charge in [0.05, 0.1) is 11.4 Å². The van der Waals surface area contributed by atoms with E-state index in [-0.39, 0.29) is 5.41 Å². The number of hydrogen-bond acceptors (Lipinski definition) is 3. The summed E-state index contributed by atoms with van der Waals surface area (Å²) in [5, 5.41) is 0. The number of nitrogens with zero attached hydrogens (tertiary/aromatic N) is 3. The molecular formula is C21H28N4. The monoisotopic (exact) mass is 336 g/mol. The van der Waals surface area contributed by atoms with Crippen LogP contribution >= 0.6 is 0 Å². The highest BCUT2D eigenvalue weighted by atomic mass is 15.1. The fraction of sp³-hybridized carbons (Fsp3) is 0.381. The van der Waals surface area contributed by atoms with Crippen molar-refractivity contribution in [3.63, 3.8) is 0 Å². The normalized spacial score (nSPS) is 12.2. The zero-order valence-corrected chi connectivity index (χ0v) is 15.7. The zero-order valence-electron chi connectivity index (χ0n) is 15.7. The van der Waals surface area contributed by atoms with E-state index in [4.69, 9.17) is 10.7 Å². The van der Waals surface area contributed by atoms with Gasteiger partial charge in [0.15, 0.2) is 0 Å². The Morgan fingerprint density at radius 1 is 1.04 bits per heavy atom. The van der Waals surface area contributed by atoms with Crippen LogP contribution in [0.25, 0.3) is 5.65 Å². The molecule has 132 valence electrons. The van der Waals surface area contributed by atoms with Gasteiger partial charge in [-0.1, -0.05) is 58.0 Å². The minimum absolute atomic E-state index is 0.0116. The van der Waals surface area contributed by atoms with E-state index >= 15 is 0 Å². The van der Waals surface area contributed by atoms with Crippen molar-refractivity contribution in [1.29, 1.82) is 0 Å². The fourth-order valence-corrected chi connectivity index (χ4v) is 3.19. The van der Waals surface area contributed by atoms with Gasteiger partial charge in [-0.15, -0.1) is 0 Å². The van der Waals surface area contributed by atoms with Crippen molar-refractivity contribution in [3.05, 3.63) is 65.6 Å². The van der Waals surface area contributed by atoms with Crippen molar-refractivity contribution >= 4 is 11.3 Å². The molecule has 2 heterocycles. The summed E-state index contributed by atoms with van der Waals surface area (Å²) in [7, 11) is 0. The van der Waals surface area contributed by atoms with E-state index in [1.54, 1.807) is 0 Å². The Morgan fingerprint density at radius 2 is 1.76 bits per heavy atom. The number of pyridine rings is 1. The van der Waals surface area contributed by atoms with E-state index < -0.39 is 0 Å². The molecule has 0 aliphatic rings. The quantitative estimate of drug-likeness (QED) is 0.758. The van der Waals surface area contributed by atoms with Gasteiger partial charge in [0.2, 0.25) is 0 Å². The van der Waals surface area contributed by atoms with E-state index in [9.17, 15) is 0 Å². The van der Waals surface area contributed by atoms with Crippen LogP contribution in [0, 0.1) is 0 Å². The highest BCUT2D eigenvalue weighted by Crippen LogP contribution is 2.28. The topological polar surface area (TPSA) is 46.6 Å². The second-order valence-corrected chi connectivity index (χ2v) is 7.64. The molecule has 0 atom stereocenters. The molecule has 0 amide bonds. The van der Waals surface area contributed by atoms with Gasteiger partial charge in [0.25, 0.3) is 0 Å². The van der Waals surface area contributed by atoms with E-state index in [1.807, 2.05) is 18.3 Å². The Morgan fingerprint density at radius 3 is 2.40 bits per heavy atom. The molecule has 0 aliphatic carbocycles. The third-order valence-electron chi connectivity index (χ3n) is 4.52. The van der Waals surface area contributed by atoms with Crippen LogP contribution in [0.4, 0.5) is 5.69 Å². The highest BCUT2D eigenvalue weighted by molar-refractivity contribution is 5.51. The van der Waals surface area contributed by atoms with E-state index in [1.165, 1.54) is 11.3 Å². The molecule has 0 saturated carbocycles. The van der Waals surface area contributed by atoms with Gasteiger partial charge >= 0.3 is 0 Å². The van der Waals surface area contributed by atoms with Crippen molar-refractivity contribution in [2.75, 3.05) is 12.3 Å². The summed E-state index contributed by atoms with van der Waals surface area (Å²) in [6, 6.07) is 14.5. The van der Waals surface area contributed by atoms with Crippen molar-refractivity contribution in [1.82, 2.24) is 14.3 Å². The predicted molar refractivity (Wildman–Crippen MR) is 105 cm³/mol. The van der Waals surface area contributed by atoms with Crippen molar-refractivity contribution in [2.24, 2.45) is 0 Å². The van der Waals surface area contributed by atoms with Crippen LogP contribution in [0.3, 0.4) is 0 Å². The molecule has 0 aliphatic heterocycles. The molecule has 0 spiro atoms. The molecule has 0 bridgehead atoms. The molecule has 4 heteroatoms. The van der Waals surface area contributed by atoms with Gasteiger partial charge in [-0.2, -0.15) is 0 Å². The highest BCUT2D eigenvalue weighted by Gasteiger charge is 2.25. The first-order valence-corrected chi connectivity index (χ1v) is 8.91. The Bertz CT molecular complexity index is 843. The maximum Gasteiger partial charge on any atom is 0.137 e. The zero-order chi connectivity index (χ0) is 18.0. The van der Waals surface area contributed by atoms with Gasteiger partial charge in [0, 0.05) is 30.4 Å². The van der Waals surface area contributed by atoms with Crippen LogP contribution in [0.15, 0.2) is 48.7 Å². The van der Waals surface area contributed by atoms with Crippen LogP contribution in [0.1, 0.15) is 44.6 Å². The summed E-state index contributed by atoms with van der Waals surface area (Å²) in [6.45, 7) is 11.6. The Hall–Kier alpha value is -2.33. The molecule has 25 heavy (non-hydrogen) atoms. The lowest BCUT2D eigenvalue weighted by molar-refractivity contribution is 0.265. The van der Waals surface area contributed by atoms with Gasteiger partial charge < -0.3 is 10.1 Å². The number of rotatable bonds is 5. The van der Waals surface area contributed by atoms with Gasteiger partial charge in [-0.3, -0.25) is 4.90 Å². The smallest absolute Gasteiger partial charge is 0.137 e. The third-order valence-corrected chi connectivity index (χ3v) is 4.52. The number of anilines is 1. The van der Waals surface area contributed by atoms with Crippen LogP contribution in [0.5, 0.6) is 0 Å². The predicted octanol–water partition coefficient (Wildman–Crippen LogP) is 4.24. The summed E-state index contributed by atoms with van der Waals surface area (Å²) >= 11 is 0. The van der Waals surface area contributed by atoms with Crippen molar-refractivity contribution in [3.8, 4) is 0 Å². The third kappa shape index (κ3) is 3.85. The van der Waals surface area contributed by atoms with Gasteiger partial charge in [-0.05, 0) is 24.2 Å². The lowest BCUT2D eigenvalue weighted by atomic mass is 9.90. The summed E-state index contributed by atoms with van der Waals surface area (Å²) in [6.07, 6.45) is 1.99. The molecule has 0 fully saturated rings. The van der Waals surface area contributed by atoms with Crippen LogP contribution < -0.4 is 5.73 Å². The second-order valence-electron chi connectivity index (χ2n) is 7.64. The number of benzene rings is 1. The molecule has 1 aromatic carbocycles. The molecule has 0 saturated heterocycles. The molecule has 2 N–H and O–H groups in total. The standard InChI is InChI=1S/C21H28N4/c1-5-24(13-16-9-7-6-8-10-16)15-18-20(21(2,3)4)23-19-12-11-17(22)14-25(18)19/h6-12,14H,5,13,15,22H2,1-4H3. The van der Waals surface area contributed by atoms with Crippen LogP contribution in [-0.2, 0) is 18.5 Å². The summed E-state index contributed by atoms with van der Waals surface area (Å²) < 4.78 is 2.16. The van der Waals surface area contributed by atoms with E-state index in [0.717, 1.165) is 36.7 Å². The van der Waals surface area contributed by atoms with Crippen molar-refractivity contribution in [2.45, 2.75) is 46.2 Å². The molecule has 0 radical (unpaired) electrons. The molecule has 0 unspecified atom stereocenters. The largest absolute Gasteiger partial charge is 0.398 e. The SMILES string of the molecule is CCN(Cc1ccccc1)Cc1c(C(C)(C)C)nc2ccc(N)cn12. The maximum atomic E-state index is 6.04. The Kier molecular flexibility index (Phi) is 4.82. The number of fused-ring (bicyclic) bond motifs is 1. The van der Waals surface area contributed by atoms with E-state index in [2.05, 4.69) is 67.3 Å². The minimum Gasteiger partial charge on any atom is -0.398 e. The number of nitrogens with two attached hydrogens (primary N) is 1. The molecule has 3 aromatic rings. The lowest BCUT2D eigenvalue weighted by Gasteiger charge is -2.24. The molecule has 3 rings (SSSR count). The average molecular weight is 336 g/mol. The fourth-order valence-electron chi connectivity index (χ4n) is 3.19. The Labute approximate surface area is 150 Å². The summed E-state index contributed by atoms with van der Waals surface area (Å²) in [5.41, 5.74) is 11.4. The number of nitrogen functional groups attached to an aromatic ring is 1.